The molecule has 0 unspecified atom stereocenters. The van der Waals surface area contributed by atoms with Gasteiger partial charge in [0.1, 0.15) is 18.3 Å². The van der Waals surface area contributed by atoms with Crippen LogP contribution in [0.15, 0.2) is 0 Å². The molecule has 1 heterocycles. The molecule has 0 bridgehead atoms. The molecule has 0 aromatic heterocycles. The van der Waals surface area contributed by atoms with E-state index in [4.69, 9.17) is 25.1 Å². The predicted molar refractivity (Wildman–Crippen MR) is 40.9 cm³/mol. The van der Waals surface area contributed by atoms with Crippen LogP contribution in [-0.2, 0) is 13.8 Å². The van der Waals surface area contributed by atoms with Crippen LogP contribution in [0.1, 0.15) is 0 Å². The zero-order chi connectivity index (χ0) is 10.9. The number of phosphoric ester groups is 1. The van der Waals surface area contributed by atoms with Crippen LogP contribution >= 0.6 is 7.82 Å². The van der Waals surface area contributed by atoms with Gasteiger partial charge in [0, 0.05) is 0 Å². The average molecular weight is 230 g/mol. The van der Waals surface area contributed by atoms with Crippen LogP contribution in [-0.4, -0.2) is 56.3 Å². The van der Waals surface area contributed by atoms with Crippen LogP contribution < -0.4 is 0 Å². The van der Waals surface area contributed by atoms with Crippen LogP contribution in [0.4, 0.5) is 0 Å². The van der Waals surface area contributed by atoms with Gasteiger partial charge in [-0.05, 0) is 0 Å². The maximum Gasteiger partial charge on any atom is 0.472 e. The molecule has 0 spiro atoms. The van der Waals surface area contributed by atoms with Gasteiger partial charge in [-0.2, -0.15) is 0 Å². The van der Waals surface area contributed by atoms with Crippen molar-refractivity contribution in [2.75, 3.05) is 6.61 Å². The smallest absolute Gasteiger partial charge is 0.394 e. The second-order valence-corrected chi connectivity index (χ2v) is 3.99. The van der Waals surface area contributed by atoms with Gasteiger partial charge in [0.25, 0.3) is 0 Å². The predicted octanol–water partition coefficient (Wildman–Crippen LogP) is -2.47. The molecule has 4 atom stereocenters. The molecule has 0 aliphatic carbocycles. The van der Waals surface area contributed by atoms with Crippen molar-refractivity contribution >= 4 is 7.82 Å². The summed E-state index contributed by atoms with van der Waals surface area (Å²) in [5.41, 5.74) is 0. The van der Waals surface area contributed by atoms with Gasteiger partial charge >= 0.3 is 7.82 Å². The van der Waals surface area contributed by atoms with Gasteiger partial charge in [-0.25, -0.2) is 4.57 Å². The first-order valence-electron chi connectivity index (χ1n) is 3.71. The first-order valence-corrected chi connectivity index (χ1v) is 5.24. The first-order chi connectivity index (χ1) is 6.35. The third-order valence-corrected chi connectivity index (χ3v) is 2.22. The van der Waals surface area contributed by atoms with Gasteiger partial charge in [-0.15, -0.1) is 0 Å². The van der Waals surface area contributed by atoms with E-state index in [9.17, 15) is 4.57 Å². The van der Waals surface area contributed by atoms with E-state index >= 15 is 0 Å². The molecule has 1 aliphatic heterocycles. The lowest BCUT2D eigenvalue weighted by molar-refractivity contribution is -0.126. The lowest BCUT2D eigenvalue weighted by atomic mass is 10.1. The van der Waals surface area contributed by atoms with E-state index in [1.165, 1.54) is 0 Å². The SMILES string of the molecule is O=P(O)(O)O[C@H]1O[C@H](CO)[C@@H](O)[C@@H]1O. The number of rotatable bonds is 3. The number of phosphoric acid groups is 1. The first kappa shape index (κ1) is 12.0. The number of hydrogen-bond donors (Lipinski definition) is 5. The standard InChI is InChI=1S/C5H11O8P/c6-1-2-3(7)4(8)5(12-2)13-14(9,10)11/h2-8H,1H2,(H2,9,10,11)/t2-,3-,4+,5-/m1/s1. The quantitative estimate of drug-likeness (QED) is 0.336. The largest absolute Gasteiger partial charge is 0.472 e. The van der Waals surface area contributed by atoms with Crippen molar-refractivity contribution in [3.63, 3.8) is 0 Å². The molecule has 1 saturated heterocycles. The third-order valence-electron chi connectivity index (χ3n) is 1.74. The molecule has 0 aromatic rings. The van der Waals surface area contributed by atoms with Crippen molar-refractivity contribution in [2.24, 2.45) is 0 Å². The fraction of sp³-hybridized carbons (Fsp3) is 1.00. The van der Waals surface area contributed by atoms with E-state index in [0.717, 1.165) is 0 Å². The third kappa shape index (κ3) is 2.72. The molecule has 0 aromatic carbocycles. The molecular formula is C5H11O8P. The van der Waals surface area contributed by atoms with Crippen molar-refractivity contribution in [1.82, 2.24) is 0 Å². The molecule has 1 rings (SSSR count). The summed E-state index contributed by atoms with van der Waals surface area (Å²) in [5, 5.41) is 26.9. The molecule has 0 amide bonds. The number of ether oxygens (including phenoxy) is 1. The normalized spacial score (nSPS) is 38.9. The van der Waals surface area contributed by atoms with Gasteiger partial charge in [-0.1, -0.05) is 0 Å². The van der Waals surface area contributed by atoms with E-state index in [1.807, 2.05) is 0 Å². The van der Waals surface area contributed by atoms with Gasteiger partial charge in [0.2, 0.25) is 0 Å². The maximum absolute atomic E-state index is 10.4. The lowest BCUT2D eigenvalue weighted by Crippen LogP contribution is -2.34. The van der Waals surface area contributed by atoms with Crippen molar-refractivity contribution in [2.45, 2.75) is 24.6 Å². The van der Waals surface area contributed by atoms with Gasteiger partial charge in [0.05, 0.1) is 6.61 Å². The summed E-state index contributed by atoms with van der Waals surface area (Å²) < 4.78 is 19.1. The highest BCUT2D eigenvalue weighted by Gasteiger charge is 2.45. The second kappa shape index (κ2) is 4.21. The monoisotopic (exact) mass is 230 g/mol. The van der Waals surface area contributed by atoms with Crippen LogP contribution in [0, 0.1) is 0 Å². The minimum absolute atomic E-state index is 0.584. The Morgan fingerprint density at radius 3 is 2.21 bits per heavy atom. The molecule has 1 fully saturated rings. The van der Waals surface area contributed by atoms with Crippen molar-refractivity contribution in [1.29, 1.82) is 0 Å². The molecule has 14 heavy (non-hydrogen) atoms. The molecule has 0 saturated carbocycles. The zero-order valence-electron chi connectivity index (χ0n) is 6.92. The summed E-state index contributed by atoms with van der Waals surface area (Å²) in [6.45, 7) is -0.584. The Kier molecular flexibility index (Phi) is 3.62. The van der Waals surface area contributed by atoms with Crippen molar-refractivity contribution < 1.29 is 38.9 Å². The Balaban J connectivity index is 2.61. The minimum atomic E-state index is -4.79. The number of hydrogen-bond acceptors (Lipinski definition) is 6. The van der Waals surface area contributed by atoms with E-state index < -0.39 is 39.0 Å². The number of aliphatic hydroxyl groups excluding tert-OH is 3. The van der Waals surface area contributed by atoms with Crippen LogP contribution in [0.25, 0.3) is 0 Å². The summed E-state index contributed by atoms with van der Waals surface area (Å²) in [7, 11) is -4.79. The second-order valence-electron chi connectivity index (χ2n) is 2.80. The molecule has 5 N–H and O–H groups in total. The van der Waals surface area contributed by atoms with E-state index in [0.29, 0.717) is 0 Å². The van der Waals surface area contributed by atoms with Crippen molar-refractivity contribution in [3.05, 3.63) is 0 Å². The molecule has 0 radical (unpaired) electrons. The topological polar surface area (TPSA) is 137 Å². The summed E-state index contributed by atoms with van der Waals surface area (Å²) in [6.07, 6.45) is -5.78. The fourth-order valence-electron chi connectivity index (χ4n) is 1.09. The molecular weight excluding hydrogens is 219 g/mol. The molecule has 8 nitrogen and oxygen atoms in total. The Labute approximate surface area is 78.9 Å². The molecule has 84 valence electrons. The Hall–Kier alpha value is -0.0500. The maximum atomic E-state index is 10.4. The van der Waals surface area contributed by atoms with Crippen LogP contribution in [0.5, 0.6) is 0 Å². The molecule has 1 aliphatic rings. The van der Waals surface area contributed by atoms with E-state index in [1.54, 1.807) is 0 Å². The summed E-state index contributed by atoms with van der Waals surface area (Å²) >= 11 is 0. The van der Waals surface area contributed by atoms with Gasteiger partial charge in [0.15, 0.2) is 6.29 Å². The average Bonchev–Trinajstić information content (AvgIpc) is 2.30. The zero-order valence-corrected chi connectivity index (χ0v) is 7.82. The highest BCUT2D eigenvalue weighted by atomic mass is 31.2. The summed E-state index contributed by atoms with van der Waals surface area (Å²) in [6, 6.07) is 0. The summed E-state index contributed by atoms with van der Waals surface area (Å²) in [5.74, 6) is 0. The Morgan fingerprint density at radius 1 is 1.29 bits per heavy atom. The molecule has 9 heteroatoms. The highest BCUT2D eigenvalue weighted by Crippen LogP contribution is 2.40. The summed E-state index contributed by atoms with van der Waals surface area (Å²) in [4.78, 5) is 16.8. The Morgan fingerprint density at radius 2 is 1.86 bits per heavy atom. The highest BCUT2D eigenvalue weighted by molar-refractivity contribution is 7.46. The van der Waals surface area contributed by atoms with Crippen LogP contribution in [0.2, 0.25) is 0 Å². The van der Waals surface area contributed by atoms with Gasteiger partial charge in [-0.3, -0.25) is 4.52 Å². The van der Waals surface area contributed by atoms with E-state index in [2.05, 4.69) is 9.26 Å². The van der Waals surface area contributed by atoms with E-state index in [-0.39, 0.29) is 0 Å². The van der Waals surface area contributed by atoms with Gasteiger partial charge < -0.3 is 29.8 Å². The van der Waals surface area contributed by atoms with Crippen LogP contribution in [0.3, 0.4) is 0 Å². The lowest BCUT2D eigenvalue weighted by Gasteiger charge is -2.15. The van der Waals surface area contributed by atoms with Crippen molar-refractivity contribution in [3.8, 4) is 0 Å². The number of aliphatic hydroxyl groups is 3. The minimum Gasteiger partial charge on any atom is -0.394 e. The Bertz CT molecular complexity index is 238. The fourth-order valence-corrected chi connectivity index (χ4v) is 1.53.